The summed E-state index contributed by atoms with van der Waals surface area (Å²) in [5.74, 6) is 0. The second kappa shape index (κ2) is 14.0. The Morgan fingerprint density at radius 2 is 1.53 bits per heavy atom. The molecule has 0 saturated heterocycles. The van der Waals surface area contributed by atoms with Crippen LogP contribution in [0, 0.1) is 30.4 Å². The predicted molar refractivity (Wildman–Crippen MR) is 195 cm³/mol. The van der Waals surface area contributed by atoms with E-state index >= 15 is 0 Å². The van der Waals surface area contributed by atoms with Crippen molar-refractivity contribution in [2.24, 2.45) is 0 Å². The molecular formula is C44H33IrN3O-2. The normalized spacial score (nSPS) is 11.1. The number of nitriles is 1. The minimum absolute atomic E-state index is 0. The van der Waals surface area contributed by atoms with Gasteiger partial charge in [0.05, 0.1) is 17.2 Å². The molecular weight excluding hydrogens is 779 g/mol. The van der Waals surface area contributed by atoms with Gasteiger partial charge in [-0.1, -0.05) is 98.5 Å². The molecule has 8 aromatic rings. The Kier molecular flexibility index (Phi) is 9.56. The van der Waals surface area contributed by atoms with Crippen molar-refractivity contribution in [2.45, 2.75) is 33.1 Å². The van der Waals surface area contributed by atoms with Gasteiger partial charge >= 0.3 is 0 Å². The van der Waals surface area contributed by atoms with Gasteiger partial charge in [0.25, 0.3) is 0 Å². The Balaban J connectivity index is 0.000000198. The van der Waals surface area contributed by atoms with Crippen LogP contribution in [0.3, 0.4) is 0 Å². The molecule has 0 unspecified atom stereocenters. The van der Waals surface area contributed by atoms with Gasteiger partial charge in [0.2, 0.25) is 0 Å². The fourth-order valence-corrected chi connectivity index (χ4v) is 5.91. The Bertz CT molecular complexity index is 2430. The standard InChI is InChI=1S/C28H15N2O.C16H18N.Ir/c29-17-21-13-14-23-22-8-5-9-24(25-10-3-4-15-30-25)27(22)31-28(23)26(21)20-12-11-18-6-1-2-7-19(18)16-20;1-12-5-10-15(17-11-12)13-6-8-14(9-7-13)16(2,3)4;/h1-8,10-16H;5-6,8-11H,1-4H3;/q2*-1;. The molecule has 4 nitrogen and oxygen atoms in total. The van der Waals surface area contributed by atoms with E-state index in [0.717, 1.165) is 60.8 Å². The zero-order valence-corrected chi connectivity index (χ0v) is 30.1. The number of nitrogens with zero attached hydrogens (tertiary/aromatic N) is 3. The molecule has 8 rings (SSSR count). The zero-order valence-electron chi connectivity index (χ0n) is 27.7. The summed E-state index contributed by atoms with van der Waals surface area (Å²) in [5.41, 5.74) is 10.1. The van der Waals surface area contributed by atoms with E-state index in [9.17, 15) is 5.26 Å². The number of pyridine rings is 2. The Morgan fingerprint density at radius 3 is 2.22 bits per heavy atom. The Hall–Kier alpha value is -5.40. The second-order valence-corrected chi connectivity index (χ2v) is 12.9. The summed E-state index contributed by atoms with van der Waals surface area (Å²) in [7, 11) is 0. The van der Waals surface area contributed by atoms with Gasteiger partial charge in [-0.25, -0.2) is 0 Å². The van der Waals surface area contributed by atoms with E-state index in [1.54, 1.807) is 6.20 Å². The first-order valence-corrected chi connectivity index (χ1v) is 16.0. The van der Waals surface area contributed by atoms with Gasteiger partial charge in [-0.05, 0) is 63.8 Å². The first kappa shape index (κ1) is 33.5. The molecule has 0 aliphatic carbocycles. The zero-order chi connectivity index (χ0) is 33.3. The van der Waals surface area contributed by atoms with Crippen LogP contribution in [0.1, 0.15) is 37.5 Å². The van der Waals surface area contributed by atoms with Gasteiger partial charge in [-0.3, -0.25) is 0 Å². The minimum Gasteiger partial charge on any atom is -0.500 e. The first-order valence-electron chi connectivity index (χ1n) is 16.0. The van der Waals surface area contributed by atoms with Crippen molar-refractivity contribution in [2.75, 3.05) is 0 Å². The van der Waals surface area contributed by atoms with Crippen LogP contribution in [0.4, 0.5) is 0 Å². The molecule has 0 bridgehead atoms. The van der Waals surface area contributed by atoms with Crippen LogP contribution < -0.4 is 0 Å². The molecule has 0 atom stereocenters. The second-order valence-electron chi connectivity index (χ2n) is 12.9. The van der Waals surface area contributed by atoms with Gasteiger partial charge in [0, 0.05) is 43.4 Å². The number of rotatable bonds is 3. The molecule has 49 heavy (non-hydrogen) atoms. The number of hydrogen-bond acceptors (Lipinski definition) is 4. The Labute approximate surface area is 300 Å². The predicted octanol–water partition coefficient (Wildman–Crippen LogP) is 11.3. The number of aromatic nitrogens is 2. The van der Waals surface area contributed by atoms with Crippen LogP contribution in [-0.4, -0.2) is 9.97 Å². The molecule has 1 radical (unpaired) electrons. The van der Waals surface area contributed by atoms with Crippen LogP contribution in [0.25, 0.3) is 66.4 Å². The summed E-state index contributed by atoms with van der Waals surface area (Å²) >= 11 is 0. The van der Waals surface area contributed by atoms with Gasteiger partial charge in [-0.15, -0.1) is 53.6 Å². The number of benzene rings is 5. The Morgan fingerprint density at radius 1 is 0.735 bits per heavy atom. The van der Waals surface area contributed by atoms with Crippen LogP contribution in [0.5, 0.6) is 0 Å². The number of aryl methyl sites for hydroxylation is 1. The third-order valence-corrected chi connectivity index (χ3v) is 8.55. The average molecular weight is 812 g/mol. The van der Waals surface area contributed by atoms with E-state index < -0.39 is 0 Å². The molecule has 3 heterocycles. The maximum atomic E-state index is 9.85. The van der Waals surface area contributed by atoms with Crippen molar-refractivity contribution in [3.05, 3.63) is 156 Å². The van der Waals surface area contributed by atoms with Crippen molar-refractivity contribution in [3.8, 4) is 39.7 Å². The van der Waals surface area contributed by atoms with Crippen molar-refractivity contribution >= 4 is 32.7 Å². The molecule has 241 valence electrons. The van der Waals surface area contributed by atoms with Gasteiger partial charge in [0.1, 0.15) is 5.58 Å². The van der Waals surface area contributed by atoms with E-state index in [1.807, 2.05) is 73.8 Å². The number of furan rings is 1. The molecule has 0 amide bonds. The number of fused-ring (bicyclic) bond motifs is 4. The average Bonchev–Trinajstić information content (AvgIpc) is 3.50. The van der Waals surface area contributed by atoms with Gasteiger partial charge in [0.15, 0.2) is 0 Å². The van der Waals surface area contributed by atoms with Crippen LogP contribution in [0.15, 0.2) is 132 Å². The van der Waals surface area contributed by atoms with Gasteiger partial charge in [-0.2, -0.15) is 5.26 Å². The van der Waals surface area contributed by atoms with E-state index in [4.69, 9.17) is 4.42 Å². The topological polar surface area (TPSA) is 62.7 Å². The van der Waals surface area contributed by atoms with E-state index in [1.165, 1.54) is 11.1 Å². The molecule has 0 aliphatic rings. The molecule has 0 N–H and O–H groups in total. The van der Waals surface area contributed by atoms with E-state index in [0.29, 0.717) is 11.1 Å². The van der Waals surface area contributed by atoms with Crippen LogP contribution >= 0.6 is 0 Å². The summed E-state index contributed by atoms with van der Waals surface area (Å²) in [6, 6.07) is 47.4. The summed E-state index contributed by atoms with van der Waals surface area (Å²) < 4.78 is 6.46. The molecule has 5 heteroatoms. The smallest absolute Gasteiger partial charge is 0.130 e. The van der Waals surface area contributed by atoms with Crippen molar-refractivity contribution in [1.29, 1.82) is 5.26 Å². The quantitative estimate of drug-likeness (QED) is 0.167. The maximum absolute atomic E-state index is 9.85. The molecule has 0 fully saturated rings. The van der Waals surface area contributed by atoms with Crippen LogP contribution in [0.2, 0.25) is 0 Å². The van der Waals surface area contributed by atoms with Gasteiger partial charge < -0.3 is 14.4 Å². The maximum Gasteiger partial charge on any atom is 0.130 e. The van der Waals surface area contributed by atoms with Crippen LogP contribution in [-0.2, 0) is 25.5 Å². The SMILES string of the molecule is Cc1ccc(-c2[c-]cc(C(C)(C)C)cc2)nc1.N#Cc1ccc2c(oc3c(-c4ccccn4)[c-]ccc32)c1-c1ccc2ccccc2c1.[Ir]. The molecule has 3 aromatic heterocycles. The van der Waals surface area contributed by atoms with Crippen molar-refractivity contribution in [3.63, 3.8) is 0 Å². The monoisotopic (exact) mass is 812 g/mol. The third kappa shape index (κ3) is 6.80. The largest absolute Gasteiger partial charge is 0.500 e. The molecule has 0 aliphatic heterocycles. The minimum atomic E-state index is 0. The fourth-order valence-electron chi connectivity index (χ4n) is 5.91. The molecule has 5 aromatic carbocycles. The summed E-state index contributed by atoms with van der Waals surface area (Å²) in [6.07, 6.45) is 3.65. The first-order chi connectivity index (χ1) is 23.3. The van der Waals surface area contributed by atoms with Crippen molar-refractivity contribution < 1.29 is 24.5 Å². The summed E-state index contributed by atoms with van der Waals surface area (Å²) in [5, 5.41) is 14.1. The van der Waals surface area contributed by atoms with Crippen molar-refractivity contribution in [1.82, 2.24) is 9.97 Å². The van der Waals surface area contributed by atoms with E-state index in [2.05, 4.69) is 104 Å². The third-order valence-electron chi connectivity index (χ3n) is 8.55. The summed E-state index contributed by atoms with van der Waals surface area (Å²) in [6.45, 7) is 8.67. The molecule has 0 spiro atoms. The van der Waals surface area contributed by atoms with E-state index in [-0.39, 0.29) is 25.5 Å². The fraction of sp³-hybridized carbons (Fsp3) is 0.114. The number of hydrogen-bond donors (Lipinski definition) is 0. The molecule has 0 saturated carbocycles. The summed E-state index contributed by atoms with van der Waals surface area (Å²) in [4.78, 5) is 8.88.